The predicted octanol–water partition coefficient (Wildman–Crippen LogP) is 4.76. The van der Waals surface area contributed by atoms with E-state index in [1.807, 2.05) is 31.2 Å². The Morgan fingerprint density at radius 3 is 2.43 bits per heavy atom. The minimum absolute atomic E-state index is 0.536. The van der Waals surface area contributed by atoms with Gasteiger partial charge in [0.05, 0.1) is 0 Å². The molecule has 3 nitrogen and oxygen atoms in total. The van der Waals surface area contributed by atoms with Crippen LogP contribution in [0.3, 0.4) is 0 Å². The first kappa shape index (κ1) is 16.1. The summed E-state index contributed by atoms with van der Waals surface area (Å²) in [5.74, 6) is 1.60. The summed E-state index contributed by atoms with van der Waals surface area (Å²) in [6.45, 7) is 5.01. The highest BCUT2D eigenvalue weighted by molar-refractivity contribution is 6.36. The number of benzene rings is 1. The molecule has 0 aliphatic carbocycles. The summed E-state index contributed by atoms with van der Waals surface area (Å²) in [7, 11) is 0. The van der Waals surface area contributed by atoms with Crippen LogP contribution in [0.25, 0.3) is 0 Å². The van der Waals surface area contributed by atoms with Crippen molar-refractivity contribution in [2.24, 2.45) is 0 Å². The first-order valence-corrected chi connectivity index (χ1v) is 7.93. The van der Waals surface area contributed by atoms with E-state index in [0.717, 1.165) is 42.3 Å². The molecule has 1 aromatic carbocycles. The van der Waals surface area contributed by atoms with Gasteiger partial charge in [-0.15, -0.1) is 0 Å². The van der Waals surface area contributed by atoms with E-state index in [2.05, 4.69) is 22.2 Å². The summed E-state index contributed by atoms with van der Waals surface area (Å²) in [5, 5.41) is 4.54. The van der Waals surface area contributed by atoms with Gasteiger partial charge in [-0.1, -0.05) is 42.6 Å². The van der Waals surface area contributed by atoms with Gasteiger partial charge in [0, 0.05) is 34.8 Å². The first-order chi connectivity index (χ1) is 10.1. The van der Waals surface area contributed by atoms with Crippen LogP contribution in [0.1, 0.15) is 37.4 Å². The number of halogens is 2. The summed E-state index contributed by atoms with van der Waals surface area (Å²) in [6, 6.07) is 7.52. The Labute approximate surface area is 135 Å². The third-order valence-electron chi connectivity index (χ3n) is 3.09. The maximum Gasteiger partial charge on any atom is 0.135 e. The van der Waals surface area contributed by atoms with Gasteiger partial charge < -0.3 is 5.32 Å². The second-order valence-corrected chi connectivity index (χ2v) is 5.63. The van der Waals surface area contributed by atoms with Crippen molar-refractivity contribution in [1.29, 1.82) is 0 Å². The summed E-state index contributed by atoms with van der Waals surface area (Å²) >= 11 is 12.5. The highest BCUT2D eigenvalue weighted by Crippen LogP contribution is 2.26. The van der Waals surface area contributed by atoms with Crippen LogP contribution in [0.5, 0.6) is 0 Å². The van der Waals surface area contributed by atoms with Gasteiger partial charge in [0.1, 0.15) is 11.6 Å². The molecule has 0 aliphatic heterocycles. The van der Waals surface area contributed by atoms with Gasteiger partial charge in [-0.05, 0) is 31.0 Å². The van der Waals surface area contributed by atoms with Crippen molar-refractivity contribution in [2.45, 2.75) is 33.1 Å². The molecule has 0 amide bonds. The molecule has 0 bridgehead atoms. The van der Waals surface area contributed by atoms with Gasteiger partial charge in [0.2, 0.25) is 0 Å². The highest BCUT2D eigenvalue weighted by Gasteiger charge is 2.10. The molecule has 21 heavy (non-hydrogen) atoms. The summed E-state index contributed by atoms with van der Waals surface area (Å²) in [5.41, 5.74) is 1.92. The average Bonchev–Trinajstić information content (AvgIpc) is 2.44. The average molecular weight is 324 g/mol. The lowest BCUT2D eigenvalue weighted by Crippen LogP contribution is -2.07. The lowest BCUT2D eigenvalue weighted by molar-refractivity contribution is 0.841. The first-order valence-electron chi connectivity index (χ1n) is 7.17. The number of hydrogen-bond donors (Lipinski definition) is 1. The Kier molecular flexibility index (Phi) is 5.83. The molecule has 2 aromatic rings. The molecule has 2 rings (SSSR count). The zero-order chi connectivity index (χ0) is 15.2. The maximum atomic E-state index is 6.23. The van der Waals surface area contributed by atoms with Crippen molar-refractivity contribution >= 4 is 29.0 Å². The van der Waals surface area contributed by atoms with Gasteiger partial charge in [-0.2, -0.15) is 0 Å². The molecule has 0 radical (unpaired) electrons. The SMILES string of the molecule is CCCc1cc(NCC)nc(Cc2c(Cl)cccc2Cl)n1. The Balaban J connectivity index is 2.34. The van der Waals surface area contributed by atoms with Crippen molar-refractivity contribution in [3.8, 4) is 0 Å². The topological polar surface area (TPSA) is 37.8 Å². The molecule has 0 spiro atoms. The van der Waals surface area contributed by atoms with Gasteiger partial charge >= 0.3 is 0 Å². The number of aryl methyl sites for hydroxylation is 1. The van der Waals surface area contributed by atoms with Crippen LogP contribution in [0.15, 0.2) is 24.3 Å². The van der Waals surface area contributed by atoms with Gasteiger partial charge in [0.25, 0.3) is 0 Å². The summed E-state index contributed by atoms with van der Waals surface area (Å²) in [4.78, 5) is 9.16. The molecule has 5 heteroatoms. The fourth-order valence-electron chi connectivity index (χ4n) is 2.15. The van der Waals surface area contributed by atoms with Gasteiger partial charge in [0.15, 0.2) is 0 Å². The van der Waals surface area contributed by atoms with Crippen LogP contribution in [0, 0.1) is 0 Å². The molecule has 0 fully saturated rings. The lowest BCUT2D eigenvalue weighted by atomic mass is 10.1. The molecule has 0 saturated carbocycles. The van der Waals surface area contributed by atoms with Crippen LogP contribution in [0.4, 0.5) is 5.82 Å². The van der Waals surface area contributed by atoms with Gasteiger partial charge in [-0.3, -0.25) is 0 Å². The van der Waals surface area contributed by atoms with Gasteiger partial charge in [-0.25, -0.2) is 9.97 Å². The summed E-state index contributed by atoms with van der Waals surface area (Å²) in [6.07, 6.45) is 2.52. The highest BCUT2D eigenvalue weighted by atomic mass is 35.5. The fourth-order valence-corrected chi connectivity index (χ4v) is 2.68. The van der Waals surface area contributed by atoms with E-state index in [1.165, 1.54) is 0 Å². The quantitative estimate of drug-likeness (QED) is 0.832. The molecule has 112 valence electrons. The standard InChI is InChI=1S/C16H19Cl2N3/c1-3-6-11-9-15(19-4-2)21-16(20-11)10-12-13(17)7-5-8-14(12)18/h5,7-9H,3-4,6,10H2,1-2H3,(H,19,20,21). The van der Waals surface area contributed by atoms with E-state index in [9.17, 15) is 0 Å². The van der Waals surface area contributed by atoms with Crippen LogP contribution < -0.4 is 5.32 Å². The zero-order valence-corrected chi connectivity index (χ0v) is 13.8. The second-order valence-electron chi connectivity index (χ2n) is 4.82. The molecule has 0 unspecified atom stereocenters. The summed E-state index contributed by atoms with van der Waals surface area (Å²) < 4.78 is 0. The van der Waals surface area contributed by atoms with Crippen LogP contribution >= 0.6 is 23.2 Å². The second kappa shape index (κ2) is 7.62. The van der Waals surface area contributed by atoms with Crippen molar-refractivity contribution in [3.05, 3.63) is 51.4 Å². The van der Waals surface area contributed by atoms with E-state index in [1.54, 1.807) is 0 Å². The van der Waals surface area contributed by atoms with E-state index >= 15 is 0 Å². The lowest BCUT2D eigenvalue weighted by Gasteiger charge is -2.10. The molecule has 0 atom stereocenters. The van der Waals surface area contributed by atoms with E-state index in [4.69, 9.17) is 23.2 Å². The smallest absolute Gasteiger partial charge is 0.135 e. The predicted molar refractivity (Wildman–Crippen MR) is 89.5 cm³/mol. The molecule has 0 saturated heterocycles. The Bertz CT molecular complexity index is 570. The van der Waals surface area contributed by atoms with Crippen molar-refractivity contribution in [3.63, 3.8) is 0 Å². The Morgan fingerprint density at radius 2 is 1.81 bits per heavy atom. The van der Waals surface area contributed by atoms with Crippen LogP contribution in [-0.4, -0.2) is 16.5 Å². The Hall–Kier alpha value is -1.32. The van der Waals surface area contributed by atoms with E-state index in [-0.39, 0.29) is 0 Å². The molecule has 0 aliphatic rings. The normalized spacial score (nSPS) is 10.7. The fraction of sp³-hybridized carbons (Fsp3) is 0.375. The molecule has 1 heterocycles. The number of aromatic nitrogens is 2. The number of anilines is 1. The van der Waals surface area contributed by atoms with Crippen LogP contribution in [-0.2, 0) is 12.8 Å². The molecular weight excluding hydrogens is 305 g/mol. The van der Waals surface area contributed by atoms with Crippen molar-refractivity contribution in [1.82, 2.24) is 9.97 Å². The minimum atomic E-state index is 0.536. The van der Waals surface area contributed by atoms with Crippen LogP contribution in [0.2, 0.25) is 10.0 Å². The number of nitrogens with one attached hydrogen (secondary N) is 1. The molecule has 1 N–H and O–H groups in total. The Morgan fingerprint density at radius 1 is 1.10 bits per heavy atom. The monoisotopic (exact) mass is 323 g/mol. The number of rotatable bonds is 6. The third-order valence-corrected chi connectivity index (χ3v) is 3.79. The van der Waals surface area contributed by atoms with Crippen molar-refractivity contribution in [2.75, 3.05) is 11.9 Å². The van der Waals surface area contributed by atoms with Crippen molar-refractivity contribution < 1.29 is 0 Å². The largest absolute Gasteiger partial charge is 0.370 e. The number of nitrogens with zero attached hydrogens (tertiary/aromatic N) is 2. The molecular formula is C16H19Cl2N3. The zero-order valence-electron chi connectivity index (χ0n) is 12.3. The van der Waals surface area contributed by atoms with E-state index < -0.39 is 0 Å². The number of hydrogen-bond acceptors (Lipinski definition) is 3. The third kappa shape index (κ3) is 4.32. The van der Waals surface area contributed by atoms with E-state index in [0.29, 0.717) is 16.5 Å². The molecule has 1 aromatic heterocycles. The maximum absolute atomic E-state index is 6.23. The minimum Gasteiger partial charge on any atom is -0.370 e.